The molecule has 0 aliphatic rings. The lowest BCUT2D eigenvalue weighted by atomic mass is 9.80. The molecule has 0 fully saturated rings. The van der Waals surface area contributed by atoms with Crippen molar-refractivity contribution in [2.45, 2.75) is 83.2 Å². The summed E-state index contributed by atoms with van der Waals surface area (Å²) in [5, 5.41) is 0.256. The van der Waals surface area contributed by atoms with Crippen molar-refractivity contribution in [2.75, 3.05) is 6.61 Å². The monoisotopic (exact) mass is 540 g/mol. The van der Waals surface area contributed by atoms with Gasteiger partial charge in [0.05, 0.1) is 0 Å². The van der Waals surface area contributed by atoms with E-state index in [0.29, 0.717) is 12.7 Å². The second-order valence-electron chi connectivity index (χ2n) is 11.9. The highest BCUT2D eigenvalue weighted by atomic mass is 28.4. The number of unbranched alkanes of at least 4 members (excludes halogenated alkanes) is 1. The molecule has 0 saturated carbocycles. The summed E-state index contributed by atoms with van der Waals surface area (Å²) in [6, 6.07) is 31.7. The van der Waals surface area contributed by atoms with E-state index in [1.807, 2.05) is 0 Å². The molecule has 0 aromatic heterocycles. The molecule has 208 valence electrons. The minimum absolute atomic E-state index is 0.256. The van der Waals surface area contributed by atoms with Crippen LogP contribution in [0, 0.1) is 0 Å². The van der Waals surface area contributed by atoms with Crippen molar-refractivity contribution in [3.05, 3.63) is 132 Å². The van der Waals surface area contributed by atoms with Gasteiger partial charge in [-0.25, -0.2) is 0 Å². The molecule has 0 heterocycles. The molecule has 3 aromatic rings. The van der Waals surface area contributed by atoms with Crippen LogP contribution in [0.15, 0.2) is 115 Å². The zero-order valence-corrected chi connectivity index (χ0v) is 25.9. The van der Waals surface area contributed by atoms with Crippen LogP contribution < -0.4 is 0 Å². The van der Waals surface area contributed by atoms with Gasteiger partial charge in [-0.1, -0.05) is 136 Å². The van der Waals surface area contributed by atoms with Crippen LogP contribution in [0.4, 0.5) is 0 Å². The highest BCUT2D eigenvalue weighted by Gasteiger charge is 2.38. The number of hydrogen-bond acceptors (Lipinski definition) is 2. The van der Waals surface area contributed by atoms with Gasteiger partial charge in [-0.15, -0.1) is 0 Å². The molecule has 0 aliphatic carbocycles. The van der Waals surface area contributed by atoms with Crippen molar-refractivity contribution in [3.63, 3.8) is 0 Å². The van der Waals surface area contributed by atoms with Crippen LogP contribution in [-0.2, 0) is 14.8 Å². The number of hydrogen-bond donors (Lipinski definition) is 0. The van der Waals surface area contributed by atoms with Gasteiger partial charge in [0.25, 0.3) is 0 Å². The maximum atomic E-state index is 6.86. The molecule has 3 rings (SSSR count). The molecule has 1 atom stereocenters. The number of allylic oxidation sites excluding steroid dienone is 4. The average Bonchev–Trinajstić information content (AvgIpc) is 2.92. The van der Waals surface area contributed by atoms with Crippen LogP contribution >= 0.6 is 0 Å². The number of rotatable bonds is 14. The Labute approximate surface area is 238 Å². The lowest BCUT2D eigenvalue weighted by Crippen LogP contribution is -2.43. The summed E-state index contributed by atoms with van der Waals surface area (Å²) < 4.78 is 13.3. The molecule has 39 heavy (non-hydrogen) atoms. The first-order valence-electron chi connectivity index (χ1n) is 14.5. The molecule has 0 aliphatic heterocycles. The third-order valence-corrected chi connectivity index (χ3v) is 12.4. The Kier molecular flexibility index (Phi) is 11.5. The van der Waals surface area contributed by atoms with Gasteiger partial charge in [-0.2, -0.15) is 0 Å². The zero-order chi connectivity index (χ0) is 28.2. The van der Waals surface area contributed by atoms with Crippen molar-refractivity contribution >= 4 is 8.32 Å². The summed E-state index contributed by atoms with van der Waals surface area (Å²) in [5.74, 6) is 0. The summed E-state index contributed by atoms with van der Waals surface area (Å²) in [5.41, 5.74) is 2.80. The first kappa shape index (κ1) is 30.8. The van der Waals surface area contributed by atoms with Gasteiger partial charge in [-0.3, -0.25) is 0 Å². The Bertz CT molecular complexity index is 1050. The molecule has 3 aromatic carbocycles. The maximum absolute atomic E-state index is 6.86. The van der Waals surface area contributed by atoms with Crippen LogP contribution in [0.1, 0.15) is 70.1 Å². The van der Waals surface area contributed by atoms with E-state index in [9.17, 15) is 0 Å². The SMILES string of the molecule is C[C@@H](CC/C=C\C=C\CCCOC(c1ccccc1)(c1ccccc1)c1ccccc1)O[Si](C)(C)C(C)(C)C. The van der Waals surface area contributed by atoms with Crippen molar-refractivity contribution in [1.29, 1.82) is 0 Å². The highest BCUT2D eigenvalue weighted by Crippen LogP contribution is 2.40. The van der Waals surface area contributed by atoms with Gasteiger partial charge in [0.2, 0.25) is 0 Å². The number of ether oxygens (including phenoxy) is 1. The minimum atomic E-state index is -1.69. The summed E-state index contributed by atoms with van der Waals surface area (Å²) in [6.07, 6.45) is 13.2. The second kappa shape index (κ2) is 14.6. The predicted molar refractivity (Wildman–Crippen MR) is 170 cm³/mol. The molecule has 0 amide bonds. The van der Waals surface area contributed by atoms with E-state index in [1.165, 1.54) is 0 Å². The van der Waals surface area contributed by atoms with Crippen molar-refractivity contribution in [3.8, 4) is 0 Å². The maximum Gasteiger partial charge on any atom is 0.192 e. The normalized spacial score (nSPS) is 13.8. The predicted octanol–water partition coefficient (Wildman–Crippen LogP) is 10.1. The van der Waals surface area contributed by atoms with Gasteiger partial charge in [0.1, 0.15) is 5.60 Å². The first-order valence-corrected chi connectivity index (χ1v) is 17.4. The molecule has 0 saturated heterocycles. The molecule has 0 bridgehead atoms. The first-order chi connectivity index (χ1) is 18.7. The van der Waals surface area contributed by atoms with Gasteiger partial charge in [0, 0.05) is 12.7 Å². The quantitative estimate of drug-likeness (QED) is 0.0876. The molecular formula is C36H48O2Si. The van der Waals surface area contributed by atoms with Crippen LogP contribution in [0.3, 0.4) is 0 Å². The van der Waals surface area contributed by atoms with Crippen LogP contribution in [0.5, 0.6) is 0 Å². The smallest absolute Gasteiger partial charge is 0.192 e. The molecule has 0 N–H and O–H groups in total. The fourth-order valence-electron chi connectivity index (χ4n) is 4.61. The fraction of sp³-hybridized carbons (Fsp3) is 0.389. The molecule has 3 heteroatoms. The summed E-state index contributed by atoms with van der Waals surface area (Å²) >= 11 is 0. The van der Waals surface area contributed by atoms with E-state index in [1.54, 1.807) is 0 Å². The largest absolute Gasteiger partial charge is 0.414 e. The lowest BCUT2D eigenvalue weighted by Gasteiger charge is -2.38. The second-order valence-corrected chi connectivity index (χ2v) is 16.6. The Morgan fingerprint density at radius 3 is 1.56 bits per heavy atom. The zero-order valence-electron chi connectivity index (χ0n) is 24.9. The number of benzene rings is 3. The minimum Gasteiger partial charge on any atom is -0.414 e. The molecule has 0 spiro atoms. The van der Waals surface area contributed by atoms with Crippen LogP contribution in [0.2, 0.25) is 18.1 Å². The Morgan fingerprint density at radius 1 is 0.692 bits per heavy atom. The molecule has 0 unspecified atom stereocenters. The lowest BCUT2D eigenvalue weighted by molar-refractivity contribution is 0.0119. The van der Waals surface area contributed by atoms with E-state index in [2.05, 4.69) is 156 Å². The molecule has 0 radical (unpaired) electrons. The van der Waals surface area contributed by atoms with Crippen LogP contribution in [-0.4, -0.2) is 21.0 Å². The van der Waals surface area contributed by atoms with Crippen LogP contribution in [0.25, 0.3) is 0 Å². The third-order valence-electron chi connectivity index (χ3n) is 7.80. The fourth-order valence-corrected chi connectivity index (χ4v) is 6.09. The van der Waals surface area contributed by atoms with Gasteiger partial charge >= 0.3 is 0 Å². The summed E-state index contributed by atoms with van der Waals surface area (Å²) in [6.45, 7) is 14.4. The van der Waals surface area contributed by atoms with Crippen molar-refractivity contribution in [2.24, 2.45) is 0 Å². The Morgan fingerprint density at radius 2 is 1.13 bits per heavy atom. The highest BCUT2D eigenvalue weighted by molar-refractivity contribution is 6.74. The van der Waals surface area contributed by atoms with E-state index < -0.39 is 13.9 Å². The van der Waals surface area contributed by atoms with Gasteiger partial charge in [-0.05, 0) is 67.4 Å². The average molecular weight is 541 g/mol. The summed E-state index contributed by atoms with van der Waals surface area (Å²) in [7, 11) is -1.69. The Balaban J connectivity index is 1.56. The Hall–Kier alpha value is -2.72. The standard InChI is InChI=1S/C36H48O2Si/c1-31(38-39(5,6)35(2,3)4)23-15-10-8-7-9-11-22-30-37-36(32-24-16-12-17-25-32,33-26-18-13-19-27-33)34-28-20-14-21-29-34/h7-10,12-14,16-21,24-29,31H,11,15,22-23,30H2,1-6H3/b9-7+,10-8-/t31-/m0/s1. The van der Waals surface area contributed by atoms with Gasteiger partial charge < -0.3 is 9.16 Å². The van der Waals surface area contributed by atoms with E-state index in [4.69, 9.17) is 9.16 Å². The van der Waals surface area contributed by atoms with Crippen molar-refractivity contribution < 1.29 is 9.16 Å². The third kappa shape index (κ3) is 8.63. The topological polar surface area (TPSA) is 18.5 Å². The molecule has 2 nitrogen and oxygen atoms in total. The van der Waals surface area contributed by atoms with Crippen molar-refractivity contribution in [1.82, 2.24) is 0 Å². The van der Waals surface area contributed by atoms with E-state index >= 15 is 0 Å². The summed E-state index contributed by atoms with van der Waals surface area (Å²) in [4.78, 5) is 0. The molecular weight excluding hydrogens is 492 g/mol. The van der Waals surface area contributed by atoms with Gasteiger partial charge in [0.15, 0.2) is 8.32 Å². The van der Waals surface area contributed by atoms with E-state index in [0.717, 1.165) is 42.4 Å². The van der Waals surface area contributed by atoms with E-state index in [-0.39, 0.29) is 5.04 Å².